The summed E-state index contributed by atoms with van der Waals surface area (Å²) in [4.78, 5) is 3.86. The molecule has 2 aromatic heterocycles. The summed E-state index contributed by atoms with van der Waals surface area (Å²) in [5.74, 6) is 0. The van der Waals surface area contributed by atoms with E-state index < -0.39 is 0 Å². The maximum Gasteiger partial charge on any atom is 0.137 e. The summed E-state index contributed by atoms with van der Waals surface area (Å²) in [6.45, 7) is 1.78. The van der Waals surface area contributed by atoms with Crippen LogP contribution in [-0.4, -0.2) is 29.5 Å². The highest BCUT2D eigenvalue weighted by atomic mass is 15.3. The zero-order valence-electron chi connectivity index (χ0n) is 7.11. The van der Waals surface area contributed by atoms with Gasteiger partial charge in [-0.05, 0) is 6.42 Å². The van der Waals surface area contributed by atoms with E-state index in [1.54, 1.807) is 25.3 Å². The Kier molecular flexibility index (Phi) is 2.31. The van der Waals surface area contributed by atoms with Crippen molar-refractivity contribution < 1.29 is 0 Å². The Hall–Kier alpha value is -1.72. The Morgan fingerprint density at radius 2 is 1.85 bits per heavy atom. The molecule has 13 heavy (non-hydrogen) atoms. The molecule has 6 nitrogen and oxygen atoms in total. The first-order valence-corrected chi connectivity index (χ1v) is 4.10. The van der Waals surface area contributed by atoms with E-state index in [-0.39, 0.29) is 0 Å². The van der Waals surface area contributed by atoms with Crippen molar-refractivity contribution in [3.8, 4) is 0 Å². The Balaban J connectivity index is 1.76. The van der Waals surface area contributed by atoms with Gasteiger partial charge in [0.25, 0.3) is 0 Å². The van der Waals surface area contributed by atoms with Gasteiger partial charge in [-0.3, -0.25) is 4.68 Å². The molecule has 0 fully saturated rings. The molecular weight excluding hydrogens is 168 g/mol. The molecule has 0 aromatic carbocycles. The van der Waals surface area contributed by atoms with Gasteiger partial charge in [0.1, 0.15) is 25.3 Å². The van der Waals surface area contributed by atoms with Crippen LogP contribution in [0, 0.1) is 0 Å². The minimum Gasteiger partial charge on any atom is -0.320 e. The molecule has 0 aliphatic rings. The number of hydrogen-bond acceptors (Lipinski definition) is 4. The molecule has 0 bridgehead atoms. The third-order valence-corrected chi connectivity index (χ3v) is 1.74. The van der Waals surface area contributed by atoms with Crippen LogP contribution in [0.1, 0.15) is 6.42 Å². The van der Waals surface area contributed by atoms with Crippen molar-refractivity contribution in [2.75, 3.05) is 0 Å². The highest BCUT2D eigenvalue weighted by molar-refractivity contribution is 4.61. The molecule has 0 saturated carbocycles. The molecule has 0 aliphatic carbocycles. The first kappa shape index (κ1) is 7.90. The van der Waals surface area contributed by atoms with E-state index in [0.717, 1.165) is 19.5 Å². The molecule has 2 aromatic rings. The molecule has 0 saturated heterocycles. The van der Waals surface area contributed by atoms with Gasteiger partial charge >= 0.3 is 0 Å². The summed E-state index contributed by atoms with van der Waals surface area (Å²) in [5, 5.41) is 11.4. The predicted molar refractivity (Wildman–Crippen MR) is 44.7 cm³/mol. The van der Waals surface area contributed by atoms with Crippen molar-refractivity contribution in [1.82, 2.24) is 29.5 Å². The second-order valence-electron chi connectivity index (χ2n) is 2.71. The van der Waals surface area contributed by atoms with Gasteiger partial charge in [0, 0.05) is 13.1 Å². The molecule has 0 amide bonds. The molecule has 0 radical (unpaired) electrons. The van der Waals surface area contributed by atoms with Gasteiger partial charge in [-0.25, -0.2) is 4.98 Å². The quantitative estimate of drug-likeness (QED) is 0.659. The van der Waals surface area contributed by atoms with Crippen molar-refractivity contribution >= 4 is 0 Å². The highest BCUT2D eigenvalue weighted by Crippen LogP contribution is 1.91. The molecule has 0 atom stereocenters. The number of nitrogens with zero attached hydrogens (tertiary/aromatic N) is 6. The predicted octanol–water partition coefficient (Wildman–Crippen LogP) is -0.0401. The van der Waals surface area contributed by atoms with Crippen molar-refractivity contribution in [3.63, 3.8) is 0 Å². The Labute approximate surface area is 75.2 Å². The second kappa shape index (κ2) is 3.79. The van der Waals surface area contributed by atoms with E-state index in [1.165, 1.54) is 0 Å². The van der Waals surface area contributed by atoms with E-state index in [2.05, 4.69) is 20.3 Å². The van der Waals surface area contributed by atoms with Crippen LogP contribution in [0.5, 0.6) is 0 Å². The van der Waals surface area contributed by atoms with Crippen molar-refractivity contribution in [3.05, 3.63) is 25.3 Å². The van der Waals surface area contributed by atoms with Crippen LogP contribution in [0.4, 0.5) is 0 Å². The van der Waals surface area contributed by atoms with E-state index in [4.69, 9.17) is 0 Å². The topological polar surface area (TPSA) is 61.4 Å². The minimum absolute atomic E-state index is 0.873. The first-order valence-electron chi connectivity index (χ1n) is 4.10. The number of rotatable bonds is 4. The van der Waals surface area contributed by atoms with Crippen LogP contribution in [0.3, 0.4) is 0 Å². The average Bonchev–Trinajstić information content (AvgIpc) is 2.75. The normalized spacial score (nSPS) is 10.5. The maximum absolute atomic E-state index is 4.00. The molecule has 6 heteroatoms. The zero-order chi connectivity index (χ0) is 8.93. The lowest BCUT2D eigenvalue weighted by Gasteiger charge is -2.00. The fourth-order valence-electron chi connectivity index (χ4n) is 1.10. The monoisotopic (exact) mass is 178 g/mol. The summed E-state index contributed by atoms with van der Waals surface area (Å²) in [6, 6.07) is 0. The largest absolute Gasteiger partial charge is 0.320 e. The van der Waals surface area contributed by atoms with Gasteiger partial charge in [0.2, 0.25) is 0 Å². The summed E-state index contributed by atoms with van der Waals surface area (Å²) in [7, 11) is 0. The van der Waals surface area contributed by atoms with Crippen molar-refractivity contribution in [1.29, 1.82) is 0 Å². The third-order valence-electron chi connectivity index (χ3n) is 1.74. The highest BCUT2D eigenvalue weighted by Gasteiger charge is 1.93. The molecule has 0 N–H and O–H groups in total. The van der Waals surface area contributed by atoms with Crippen LogP contribution in [0.25, 0.3) is 0 Å². The summed E-state index contributed by atoms with van der Waals surface area (Å²) in [5.41, 5.74) is 0. The maximum atomic E-state index is 4.00. The van der Waals surface area contributed by atoms with Crippen molar-refractivity contribution in [2.24, 2.45) is 0 Å². The molecule has 0 unspecified atom stereocenters. The van der Waals surface area contributed by atoms with E-state index in [1.807, 2.05) is 9.25 Å². The van der Waals surface area contributed by atoms with Crippen LogP contribution in [-0.2, 0) is 13.1 Å². The van der Waals surface area contributed by atoms with Crippen LogP contribution in [0.15, 0.2) is 25.3 Å². The fourth-order valence-corrected chi connectivity index (χ4v) is 1.10. The van der Waals surface area contributed by atoms with Crippen LogP contribution < -0.4 is 0 Å². The minimum atomic E-state index is 0.873. The van der Waals surface area contributed by atoms with Gasteiger partial charge in [-0.1, -0.05) is 0 Å². The molecule has 68 valence electrons. The molecule has 2 heterocycles. The number of aromatic nitrogens is 6. The van der Waals surface area contributed by atoms with Gasteiger partial charge in [0.05, 0.1) is 0 Å². The zero-order valence-corrected chi connectivity index (χ0v) is 7.11. The van der Waals surface area contributed by atoms with Gasteiger partial charge < -0.3 is 4.57 Å². The van der Waals surface area contributed by atoms with E-state index >= 15 is 0 Å². The van der Waals surface area contributed by atoms with Crippen LogP contribution in [0.2, 0.25) is 0 Å². The van der Waals surface area contributed by atoms with Crippen LogP contribution >= 0.6 is 0 Å². The Morgan fingerprint density at radius 3 is 2.54 bits per heavy atom. The third kappa shape index (κ3) is 2.11. The van der Waals surface area contributed by atoms with E-state index in [9.17, 15) is 0 Å². The lowest BCUT2D eigenvalue weighted by atomic mass is 10.4. The smallest absolute Gasteiger partial charge is 0.137 e. The van der Waals surface area contributed by atoms with Gasteiger partial charge in [0.15, 0.2) is 0 Å². The number of aryl methyl sites for hydroxylation is 2. The Morgan fingerprint density at radius 1 is 1.00 bits per heavy atom. The molecule has 0 aliphatic heterocycles. The second-order valence-corrected chi connectivity index (χ2v) is 2.71. The summed E-state index contributed by atoms with van der Waals surface area (Å²) in [6.07, 6.45) is 7.68. The fraction of sp³-hybridized carbons (Fsp3) is 0.429. The molecule has 0 spiro atoms. The van der Waals surface area contributed by atoms with E-state index in [0.29, 0.717) is 0 Å². The van der Waals surface area contributed by atoms with Crippen molar-refractivity contribution in [2.45, 2.75) is 19.5 Å². The molecular formula is C7H10N6. The summed E-state index contributed by atoms with van der Waals surface area (Å²) >= 11 is 0. The lowest BCUT2D eigenvalue weighted by molar-refractivity contribution is 0.525. The molecule has 2 rings (SSSR count). The summed E-state index contributed by atoms with van der Waals surface area (Å²) < 4.78 is 3.75. The van der Waals surface area contributed by atoms with Gasteiger partial charge in [-0.2, -0.15) is 5.10 Å². The lowest BCUT2D eigenvalue weighted by Crippen LogP contribution is -2.02. The average molecular weight is 178 g/mol. The Bertz CT molecular complexity index is 290. The standard InChI is InChI=1S/C7H10N6/c1(2-12-6-9-10-7-12)3-13-5-8-4-11-13/h4-7H,1-3H2. The first-order chi connectivity index (χ1) is 6.45. The SMILES string of the molecule is c1ncn(CCCn2cnnc2)n1. The van der Waals surface area contributed by atoms with Gasteiger partial charge in [-0.15, -0.1) is 10.2 Å². The number of hydrogen-bond donors (Lipinski definition) is 0.